The van der Waals surface area contributed by atoms with E-state index >= 15 is 0 Å². The average molecular weight is 437 g/mol. The molecule has 0 aliphatic heterocycles. The van der Waals surface area contributed by atoms with Crippen molar-refractivity contribution >= 4 is 42.8 Å². The Hall–Kier alpha value is -1.99. The number of fused-ring (bicyclic) bond motifs is 1. The zero-order chi connectivity index (χ0) is 16.0. The van der Waals surface area contributed by atoms with Gasteiger partial charge in [-0.15, -0.1) is 0 Å². The van der Waals surface area contributed by atoms with Crippen LogP contribution in [0.15, 0.2) is 50.2 Å². The van der Waals surface area contributed by atoms with E-state index in [0.29, 0.717) is 16.3 Å². The van der Waals surface area contributed by atoms with Gasteiger partial charge in [0.05, 0.1) is 18.0 Å². The van der Waals surface area contributed by atoms with Crippen LogP contribution in [0.25, 0.3) is 33.8 Å². The molecule has 4 aromatic rings. The van der Waals surface area contributed by atoms with Crippen LogP contribution in [0.3, 0.4) is 0 Å². The van der Waals surface area contributed by atoms with Crippen molar-refractivity contribution in [1.82, 2.24) is 15.0 Å². The molecule has 0 fully saturated rings. The van der Waals surface area contributed by atoms with Crippen LogP contribution in [-0.4, -0.2) is 22.1 Å². The summed E-state index contributed by atoms with van der Waals surface area (Å²) in [6.07, 6.45) is 3.72. The minimum atomic E-state index is 0.530. The number of aromatic amines is 2. The summed E-state index contributed by atoms with van der Waals surface area (Å²) in [5, 5.41) is 0.950. The molecule has 0 spiro atoms. The molecule has 23 heavy (non-hydrogen) atoms. The van der Waals surface area contributed by atoms with Gasteiger partial charge in [0.1, 0.15) is 11.4 Å². The van der Waals surface area contributed by atoms with Gasteiger partial charge >= 0.3 is 0 Å². The Labute approximate surface area is 148 Å². The topological polar surface area (TPSA) is 66.8 Å². The molecule has 0 unspecified atom stereocenters. The fourth-order valence-corrected chi connectivity index (χ4v) is 3.47. The lowest BCUT2D eigenvalue weighted by Crippen LogP contribution is -1.85. The van der Waals surface area contributed by atoms with Crippen LogP contribution >= 0.6 is 31.9 Å². The summed E-state index contributed by atoms with van der Waals surface area (Å²) in [6.45, 7) is 0. The Balaban J connectivity index is 1.93. The first-order valence-electron chi connectivity index (χ1n) is 6.82. The number of ether oxygens (including phenoxy) is 1. The fourth-order valence-electron chi connectivity index (χ4n) is 2.58. The maximum atomic E-state index is 5.96. The Kier molecular flexibility index (Phi) is 3.54. The van der Waals surface area contributed by atoms with Gasteiger partial charge in [0.15, 0.2) is 10.4 Å². The quantitative estimate of drug-likeness (QED) is 0.454. The van der Waals surface area contributed by atoms with E-state index in [0.717, 1.165) is 32.4 Å². The van der Waals surface area contributed by atoms with Gasteiger partial charge in [0.25, 0.3) is 0 Å². The van der Waals surface area contributed by atoms with Crippen molar-refractivity contribution in [3.63, 3.8) is 0 Å². The van der Waals surface area contributed by atoms with Gasteiger partial charge in [-0.2, -0.15) is 0 Å². The molecule has 7 heteroatoms. The normalized spacial score (nSPS) is 11.3. The number of halogens is 2. The van der Waals surface area contributed by atoms with Crippen LogP contribution in [0.2, 0.25) is 0 Å². The van der Waals surface area contributed by atoms with E-state index in [1.54, 1.807) is 7.11 Å². The molecule has 0 aliphatic rings. The molecule has 0 saturated carbocycles. The maximum Gasteiger partial charge on any atom is 0.244 e. The van der Waals surface area contributed by atoms with Crippen molar-refractivity contribution in [1.29, 1.82) is 0 Å². The molecule has 4 rings (SSSR count). The Morgan fingerprint density at radius 3 is 2.83 bits per heavy atom. The molecule has 0 saturated heterocycles. The summed E-state index contributed by atoms with van der Waals surface area (Å²) in [5.74, 6) is 1.94. The van der Waals surface area contributed by atoms with Gasteiger partial charge in [-0.25, -0.2) is 4.98 Å². The minimum absolute atomic E-state index is 0.530. The largest absolute Gasteiger partial charge is 0.496 e. The first-order valence-corrected chi connectivity index (χ1v) is 8.41. The van der Waals surface area contributed by atoms with Gasteiger partial charge in [-0.05, 0) is 40.2 Å². The molecule has 3 aromatic heterocycles. The van der Waals surface area contributed by atoms with Crippen molar-refractivity contribution in [3.8, 4) is 28.7 Å². The molecular formula is C16H11Br2N3O2. The molecule has 0 radical (unpaired) electrons. The Morgan fingerprint density at radius 2 is 2.09 bits per heavy atom. The smallest absolute Gasteiger partial charge is 0.244 e. The third kappa shape index (κ3) is 2.40. The predicted molar refractivity (Wildman–Crippen MR) is 95.5 cm³/mol. The monoisotopic (exact) mass is 435 g/mol. The summed E-state index contributed by atoms with van der Waals surface area (Å²) in [7, 11) is 1.65. The molecule has 3 heterocycles. The van der Waals surface area contributed by atoms with Crippen LogP contribution < -0.4 is 4.74 Å². The van der Waals surface area contributed by atoms with Gasteiger partial charge < -0.3 is 19.1 Å². The van der Waals surface area contributed by atoms with Crippen LogP contribution in [0.1, 0.15) is 0 Å². The second-order valence-corrected chi connectivity index (χ2v) is 6.62. The zero-order valence-electron chi connectivity index (χ0n) is 12.0. The van der Waals surface area contributed by atoms with E-state index < -0.39 is 0 Å². The lowest BCUT2D eigenvalue weighted by atomic mass is 10.1. The number of aromatic nitrogens is 3. The number of methoxy groups -OCH3 is 1. The molecule has 0 aliphatic carbocycles. The molecule has 2 N–H and O–H groups in total. The standard InChI is InChI=1S/C16H11Br2N3O2/c1-22-12-6-8(17)5-11-13(12)9(7-20-11)14-15(18)21-16(23-14)10-3-2-4-19-10/h2-7,19-20H,1H3. The number of nitrogens with one attached hydrogen (secondary N) is 2. The van der Waals surface area contributed by atoms with Crippen LogP contribution in [0.4, 0.5) is 0 Å². The van der Waals surface area contributed by atoms with Crippen molar-refractivity contribution < 1.29 is 9.15 Å². The van der Waals surface area contributed by atoms with Gasteiger partial charge in [0, 0.05) is 22.4 Å². The SMILES string of the molecule is COc1cc(Br)cc2[nH]cc(-c3oc(-c4ccc[nH]4)nc3Br)c12. The Bertz CT molecular complexity index is 987. The second kappa shape index (κ2) is 5.58. The predicted octanol–water partition coefficient (Wildman–Crippen LogP) is 5.35. The third-order valence-corrected chi connectivity index (χ3v) is 4.58. The lowest BCUT2D eigenvalue weighted by Gasteiger charge is -2.04. The summed E-state index contributed by atoms with van der Waals surface area (Å²) < 4.78 is 13.1. The molecule has 0 amide bonds. The van der Waals surface area contributed by atoms with E-state index in [4.69, 9.17) is 9.15 Å². The van der Waals surface area contributed by atoms with Crippen LogP contribution in [-0.2, 0) is 0 Å². The molecule has 116 valence electrons. The second-order valence-electron chi connectivity index (χ2n) is 4.96. The van der Waals surface area contributed by atoms with E-state index in [1.807, 2.05) is 36.7 Å². The van der Waals surface area contributed by atoms with Gasteiger partial charge in [-0.3, -0.25) is 0 Å². The van der Waals surface area contributed by atoms with E-state index in [2.05, 4.69) is 46.8 Å². The molecule has 0 bridgehead atoms. The van der Waals surface area contributed by atoms with Crippen molar-refractivity contribution in [2.75, 3.05) is 7.11 Å². The number of hydrogen-bond donors (Lipinski definition) is 2. The fraction of sp³-hybridized carbons (Fsp3) is 0.0625. The summed E-state index contributed by atoms with van der Waals surface area (Å²) in [4.78, 5) is 10.8. The first kappa shape index (κ1) is 14.6. The summed E-state index contributed by atoms with van der Waals surface area (Å²) in [6, 6.07) is 7.74. The maximum absolute atomic E-state index is 5.96. The number of benzene rings is 1. The molecule has 1 aromatic carbocycles. The number of rotatable bonds is 3. The Morgan fingerprint density at radius 1 is 1.22 bits per heavy atom. The number of nitrogens with zero attached hydrogens (tertiary/aromatic N) is 1. The number of hydrogen-bond acceptors (Lipinski definition) is 3. The lowest BCUT2D eigenvalue weighted by molar-refractivity contribution is 0.419. The molecule has 0 atom stereocenters. The van der Waals surface area contributed by atoms with Crippen molar-refractivity contribution in [2.24, 2.45) is 0 Å². The minimum Gasteiger partial charge on any atom is -0.496 e. The molecule has 5 nitrogen and oxygen atoms in total. The number of H-pyrrole nitrogens is 2. The highest BCUT2D eigenvalue weighted by atomic mass is 79.9. The highest BCUT2D eigenvalue weighted by Crippen LogP contribution is 2.41. The highest BCUT2D eigenvalue weighted by molar-refractivity contribution is 9.10. The van der Waals surface area contributed by atoms with Crippen LogP contribution in [0, 0.1) is 0 Å². The average Bonchev–Trinajstić information content (AvgIpc) is 3.24. The molecular weight excluding hydrogens is 426 g/mol. The van der Waals surface area contributed by atoms with Gasteiger partial charge in [-0.1, -0.05) is 15.9 Å². The first-order chi connectivity index (χ1) is 11.2. The summed E-state index contributed by atoms with van der Waals surface area (Å²) in [5.41, 5.74) is 2.67. The summed E-state index contributed by atoms with van der Waals surface area (Å²) >= 11 is 6.97. The van der Waals surface area contributed by atoms with E-state index in [9.17, 15) is 0 Å². The van der Waals surface area contributed by atoms with Crippen molar-refractivity contribution in [3.05, 3.63) is 45.7 Å². The number of oxazole rings is 1. The van der Waals surface area contributed by atoms with Crippen LogP contribution in [0.5, 0.6) is 5.75 Å². The van der Waals surface area contributed by atoms with E-state index in [-0.39, 0.29) is 0 Å². The third-order valence-electron chi connectivity index (χ3n) is 3.59. The highest BCUT2D eigenvalue weighted by Gasteiger charge is 2.20. The zero-order valence-corrected chi connectivity index (χ0v) is 15.2. The van der Waals surface area contributed by atoms with Crippen molar-refractivity contribution in [2.45, 2.75) is 0 Å². The van der Waals surface area contributed by atoms with Gasteiger partial charge in [0.2, 0.25) is 5.89 Å². The van der Waals surface area contributed by atoms with E-state index in [1.165, 1.54) is 0 Å².